The van der Waals surface area contributed by atoms with Crippen molar-refractivity contribution in [3.8, 4) is 11.4 Å². The van der Waals surface area contributed by atoms with Crippen LogP contribution in [0, 0.1) is 12.8 Å². The second-order valence-electron chi connectivity index (χ2n) is 8.28. The number of nitrogens with zero attached hydrogens (tertiary/aromatic N) is 5. The van der Waals surface area contributed by atoms with Gasteiger partial charge in [0.1, 0.15) is 5.82 Å². The number of aromatic nitrogens is 5. The standard InChI is InChI=1S/C22H24F3N7O/c1-13-5-7-16(20-28-30-31-29-20)17(10-13)21(33)32-9-3-4-14(2)18(32)12-27-19-8-6-15(11-26-19)22(23,24)25/h5-8,10-11,14,18H,3-4,9,12H2,1-2H3,(H,26,27)(H,28,29,30,31)/t14-,18-/m1/s1. The van der Waals surface area contributed by atoms with Gasteiger partial charge in [-0.2, -0.15) is 18.4 Å². The number of pyridine rings is 1. The Bertz CT molecular complexity index is 1100. The quantitative estimate of drug-likeness (QED) is 0.600. The van der Waals surface area contributed by atoms with Crippen molar-refractivity contribution in [3.05, 3.63) is 53.2 Å². The number of aromatic amines is 1. The summed E-state index contributed by atoms with van der Waals surface area (Å²) in [6, 6.07) is 7.64. The average molecular weight is 459 g/mol. The number of aryl methyl sites for hydroxylation is 1. The van der Waals surface area contributed by atoms with Crippen LogP contribution in [-0.4, -0.2) is 55.5 Å². The molecule has 174 valence electrons. The van der Waals surface area contributed by atoms with Crippen molar-refractivity contribution in [2.75, 3.05) is 18.4 Å². The predicted molar refractivity (Wildman–Crippen MR) is 115 cm³/mol. The van der Waals surface area contributed by atoms with Crippen molar-refractivity contribution < 1.29 is 18.0 Å². The zero-order chi connectivity index (χ0) is 23.6. The summed E-state index contributed by atoms with van der Waals surface area (Å²) in [5, 5.41) is 17.2. The van der Waals surface area contributed by atoms with Gasteiger partial charge < -0.3 is 10.2 Å². The van der Waals surface area contributed by atoms with E-state index in [2.05, 4.69) is 37.8 Å². The Morgan fingerprint density at radius 1 is 1.27 bits per heavy atom. The highest BCUT2D eigenvalue weighted by molar-refractivity contribution is 6.00. The molecule has 1 fully saturated rings. The largest absolute Gasteiger partial charge is 0.417 e. The molecule has 1 amide bonds. The first-order valence-electron chi connectivity index (χ1n) is 10.7. The normalized spacial score (nSPS) is 18.9. The van der Waals surface area contributed by atoms with E-state index in [1.54, 1.807) is 6.07 Å². The minimum Gasteiger partial charge on any atom is -0.368 e. The SMILES string of the molecule is Cc1ccc(-c2nn[nH]n2)c(C(=O)N2CCC[C@@H](C)[C@H]2CNc2ccc(C(F)(F)F)cn2)c1. The van der Waals surface area contributed by atoms with E-state index in [1.165, 1.54) is 6.07 Å². The molecule has 2 N–H and O–H groups in total. The molecule has 0 unspecified atom stereocenters. The molecule has 1 aliphatic heterocycles. The molecule has 2 aromatic heterocycles. The Morgan fingerprint density at radius 3 is 2.76 bits per heavy atom. The summed E-state index contributed by atoms with van der Waals surface area (Å²) in [7, 11) is 0. The van der Waals surface area contributed by atoms with Gasteiger partial charge >= 0.3 is 6.18 Å². The van der Waals surface area contributed by atoms with Gasteiger partial charge in [-0.25, -0.2) is 4.98 Å². The molecular formula is C22H24F3N7O. The molecule has 2 atom stereocenters. The number of carbonyl (C=O) groups excluding carboxylic acids is 1. The van der Waals surface area contributed by atoms with Gasteiger partial charge in [0, 0.05) is 24.8 Å². The molecule has 4 rings (SSSR count). The minimum atomic E-state index is -4.43. The monoisotopic (exact) mass is 459 g/mol. The van der Waals surface area contributed by atoms with E-state index in [-0.39, 0.29) is 17.9 Å². The second-order valence-corrected chi connectivity index (χ2v) is 8.28. The number of alkyl halides is 3. The summed E-state index contributed by atoms with van der Waals surface area (Å²) >= 11 is 0. The number of H-pyrrole nitrogens is 1. The molecule has 8 nitrogen and oxygen atoms in total. The van der Waals surface area contributed by atoms with E-state index >= 15 is 0 Å². The molecule has 3 aromatic rings. The van der Waals surface area contributed by atoms with Crippen LogP contribution >= 0.6 is 0 Å². The highest BCUT2D eigenvalue weighted by Gasteiger charge is 2.34. The van der Waals surface area contributed by atoms with E-state index < -0.39 is 11.7 Å². The highest BCUT2D eigenvalue weighted by Crippen LogP contribution is 2.30. The first-order chi connectivity index (χ1) is 15.7. The zero-order valence-electron chi connectivity index (χ0n) is 18.2. The van der Waals surface area contributed by atoms with Crippen LogP contribution in [0.3, 0.4) is 0 Å². The van der Waals surface area contributed by atoms with Gasteiger partial charge in [0.15, 0.2) is 0 Å². The third-order valence-corrected chi connectivity index (χ3v) is 5.95. The van der Waals surface area contributed by atoms with Crippen molar-refractivity contribution >= 4 is 11.7 Å². The first kappa shape index (κ1) is 22.7. The van der Waals surface area contributed by atoms with E-state index in [9.17, 15) is 18.0 Å². The molecule has 0 spiro atoms. The zero-order valence-corrected chi connectivity index (χ0v) is 18.2. The van der Waals surface area contributed by atoms with Crippen LogP contribution in [0.25, 0.3) is 11.4 Å². The number of carbonyl (C=O) groups is 1. The van der Waals surface area contributed by atoms with Crippen molar-refractivity contribution in [2.24, 2.45) is 5.92 Å². The topological polar surface area (TPSA) is 99.7 Å². The Labute approximate surface area is 188 Å². The lowest BCUT2D eigenvalue weighted by atomic mass is 9.89. The van der Waals surface area contributed by atoms with Crippen LogP contribution in [0.1, 0.15) is 41.3 Å². The van der Waals surface area contributed by atoms with Gasteiger partial charge in [-0.15, -0.1) is 10.2 Å². The maximum absolute atomic E-state index is 13.7. The van der Waals surface area contributed by atoms with Crippen LogP contribution in [0.15, 0.2) is 36.5 Å². The summed E-state index contributed by atoms with van der Waals surface area (Å²) in [5.74, 6) is 0.726. The van der Waals surface area contributed by atoms with E-state index in [0.717, 1.165) is 30.7 Å². The number of halogens is 3. The molecule has 3 heterocycles. The number of rotatable bonds is 5. The van der Waals surface area contributed by atoms with Crippen LogP contribution in [0.5, 0.6) is 0 Å². The van der Waals surface area contributed by atoms with E-state index in [4.69, 9.17) is 0 Å². The molecule has 0 saturated carbocycles. The number of nitrogens with one attached hydrogen (secondary N) is 2. The third-order valence-electron chi connectivity index (χ3n) is 5.95. The number of amides is 1. The number of anilines is 1. The molecule has 33 heavy (non-hydrogen) atoms. The van der Waals surface area contributed by atoms with Crippen molar-refractivity contribution in [1.82, 2.24) is 30.5 Å². The fraction of sp³-hybridized carbons (Fsp3) is 0.409. The number of benzene rings is 1. The lowest BCUT2D eigenvalue weighted by Gasteiger charge is -2.40. The molecule has 0 radical (unpaired) electrons. The predicted octanol–water partition coefficient (Wildman–Crippen LogP) is 3.94. The Morgan fingerprint density at radius 2 is 2.09 bits per heavy atom. The minimum absolute atomic E-state index is 0.141. The average Bonchev–Trinajstić information content (AvgIpc) is 3.32. The van der Waals surface area contributed by atoms with Crippen molar-refractivity contribution in [3.63, 3.8) is 0 Å². The molecular weight excluding hydrogens is 435 g/mol. The molecule has 0 aliphatic carbocycles. The number of piperidine rings is 1. The molecule has 1 saturated heterocycles. The number of likely N-dealkylation sites (tertiary alicyclic amines) is 1. The Balaban J connectivity index is 1.55. The third kappa shape index (κ3) is 4.96. The summed E-state index contributed by atoms with van der Waals surface area (Å²) in [5.41, 5.74) is 1.21. The van der Waals surface area contributed by atoms with Crippen molar-refractivity contribution in [2.45, 2.75) is 38.9 Å². The first-order valence-corrected chi connectivity index (χ1v) is 10.7. The highest BCUT2D eigenvalue weighted by atomic mass is 19.4. The number of hydrogen-bond donors (Lipinski definition) is 2. The van der Waals surface area contributed by atoms with Crippen LogP contribution in [0.4, 0.5) is 19.0 Å². The Kier molecular flexibility index (Phi) is 6.30. The van der Waals surface area contributed by atoms with Gasteiger partial charge in [-0.3, -0.25) is 4.79 Å². The maximum Gasteiger partial charge on any atom is 0.417 e. The second kappa shape index (κ2) is 9.16. The van der Waals surface area contributed by atoms with Crippen LogP contribution < -0.4 is 5.32 Å². The van der Waals surface area contributed by atoms with Gasteiger partial charge in [-0.05, 0) is 55.2 Å². The smallest absolute Gasteiger partial charge is 0.368 e. The van der Waals surface area contributed by atoms with Crippen LogP contribution in [0.2, 0.25) is 0 Å². The van der Waals surface area contributed by atoms with Crippen molar-refractivity contribution in [1.29, 1.82) is 0 Å². The van der Waals surface area contributed by atoms with E-state index in [1.807, 2.05) is 24.0 Å². The summed E-state index contributed by atoms with van der Waals surface area (Å²) in [4.78, 5) is 19.4. The van der Waals surface area contributed by atoms with Gasteiger partial charge in [0.05, 0.1) is 17.2 Å². The molecule has 1 aliphatic rings. The fourth-order valence-corrected chi connectivity index (χ4v) is 4.15. The van der Waals surface area contributed by atoms with Gasteiger partial charge in [0.25, 0.3) is 5.91 Å². The van der Waals surface area contributed by atoms with Crippen LogP contribution in [-0.2, 0) is 6.18 Å². The molecule has 0 bridgehead atoms. The lowest BCUT2D eigenvalue weighted by molar-refractivity contribution is -0.137. The summed E-state index contributed by atoms with van der Waals surface area (Å²) < 4.78 is 38.4. The molecule has 11 heteroatoms. The molecule has 1 aromatic carbocycles. The van der Waals surface area contributed by atoms with E-state index in [0.29, 0.717) is 35.9 Å². The lowest BCUT2D eigenvalue weighted by Crippen LogP contribution is -2.51. The van der Waals surface area contributed by atoms with Gasteiger partial charge in [0.2, 0.25) is 5.82 Å². The number of hydrogen-bond acceptors (Lipinski definition) is 6. The van der Waals surface area contributed by atoms with Gasteiger partial charge in [-0.1, -0.05) is 18.6 Å². The Hall–Kier alpha value is -3.50. The summed E-state index contributed by atoms with van der Waals surface area (Å²) in [6.45, 7) is 4.93. The summed E-state index contributed by atoms with van der Waals surface area (Å²) in [6.07, 6.45) is -1.82. The number of tetrazole rings is 1. The maximum atomic E-state index is 13.7. The fourth-order valence-electron chi connectivity index (χ4n) is 4.15.